The van der Waals surface area contributed by atoms with Crippen molar-refractivity contribution >= 4 is 0 Å². The van der Waals surface area contributed by atoms with E-state index >= 15 is 0 Å². The Morgan fingerprint density at radius 1 is 1.17 bits per heavy atom. The Kier molecular flexibility index (Phi) is 5.05. The monoisotopic (exact) mass is 307 g/mol. The van der Waals surface area contributed by atoms with Gasteiger partial charge in [-0.2, -0.15) is 0 Å². The SMILES string of the molecule is C=C(C(CC)c1ccccc1)N(C)C1CCC2=CCCC=C2C1. The van der Waals surface area contributed by atoms with Crippen LogP contribution in [0.15, 0.2) is 65.9 Å². The van der Waals surface area contributed by atoms with Crippen LogP contribution >= 0.6 is 0 Å². The molecule has 2 unspecified atom stereocenters. The summed E-state index contributed by atoms with van der Waals surface area (Å²) in [4.78, 5) is 2.47. The molecule has 0 N–H and O–H groups in total. The minimum absolute atomic E-state index is 0.429. The van der Waals surface area contributed by atoms with E-state index in [0.29, 0.717) is 12.0 Å². The maximum atomic E-state index is 4.47. The molecule has 0 spiro atoms. The summed E-state index contributed by atoms with van der Waals surface area (Å²) < 4.78 is 0. The fourth-order valence-electron chi connectivity index (χ4n) is 4.09. The lowest BCUT2D eigenvalue weighted by atomic mass is 9.81. The molecule has 1 aromatic carbocycles. The number of allylic oxidation sites excluding steroid dienone is 4. The molecule has 2 aliphatic carbocycles. The molecular weight excluding hydrogens is 278 g/mol. The summed E-state index contributed by atoms with van der Waals surface area (Å²) in [6.45, 7) is 6.74. The van der Waals surface area contributed by atoms with Crippen LogP contribution in [0.1, 0.15) is 56.9 Å². The van der Waals surface area contributed by atoms with E-state index in [0.717, 1.165) is 6.42 Å². The van der Waals surface area contributed by atoms with Gasteiger partial charge in [-0.1, -0.05) is 56.0 Å². The third-order valence-corrected chi connectivity index (χ3v) is 5.58. The predicted molar refractivity (Wildman–Crippen MR) is 99.4 cm³/mol. The standard InChI is InChI=1S/C22H29N/c1-4-22(19-11-6-5-7-12-19)17(2)23(3)21-15-14-18-10-8-9-13-20(18)16-21/h5-7,10-13,21-22H,2,4,8-9,14-16H2,1,3H3. The number of nitrogens with zero attached hydrogens (tertiary/aromatic N) is 1. The topological polar surface area (TPSA) is 3.24 Å². The van der Waals surface area contributed by atoms with Crippen molar-refractivity contribution in [1.82, 2.24) is 4.90 Å². The van der Waals surface area contributed by atoms with E-state index in [4.69, 9.17) is 0 Å². The molecule has 0 aromatic heterocycles. The Hall–Kier alpha value is -1.76. The zero-order chi connectivity index (χ0) is 16.2. The fraction of sp³-hybridized carbons (Fsp3) is 0.455. The van der Waals surface area contributed by atoms with Crippen LogP contribution in [0, 0.1) is 0 Å². The third-order valence-electron chi connectivity index (χ3n) is 5.58. The molecule has 1 saturated carbocycles. The summed E-state index contributed by atoms with van der Waals surface area (Å²) in [6, 6.07) is 11.4. The highest BCUT2D eigenvalue weighted by atomic mass is 15.1. The van der Waals surface area contributed by atoms with Gasteiger partial charge in [0.1, 0.15) is 0 Å². The van der Waals surface area contributed by atoms with Crippen molar-refractivity contribution in [1.29, 1.82) is 0 Å². The third kappa shape index (κ3) is 3.44. The highest BCUT2D eigenvalue weighted by molar-refractivity contribution is 5.37. The molecule has 0 saturated heterocycles. The van der Waals surface area contributed by atoms with Gasteiger partial charge in [0.05, 0.1) is 0 Å². The first kappa shape index (κ1) is 16.1. The number of hydrogen-bond acceptors (Lipinski definition) is 1. The molecule has 122 valence electrons. The summed E-state index contributed by atoms with van der Waals surface area (Å²) >= 11 is 0. The minimum atomic E-state index is 0.429. The first-order valence-corrected chi connectivity index (χ1v) is 9.05. The van der Waals surface area contributed by atoms with Crippen molar-refractivity contribution in [2.45, 2.75) is 57.4 Å². The molecule has 23 heavy (non-hydrogen) atoms. The quantitative estimate of drug-likeness (QED) is 0.662. The lowest BCUT2D eigenvalue weighted by molar-refractivity contribution is 0.259. The van der Waals surface area contributed by atoms with Crippen LogP contribution < -0.4 is 0 Å². The largest absolute Gasteiger partial charge is 0.375 e. The van der Waals surface area contributed by atoms with Gasteiger partial charge >= 0.3 is 0 Å². The Morgan fingerprint density at radius 3 is 2.57 bits per heavy atom. The van der Waals surface area contributed by atoms with Gasteiger partial charge in [-0.15, -0.1) is 0 Å². The lowest BCUT2D eigenvalue weighted by Crippen LogP contribution is -2.35. The van der Waals surface area contributed by atoms with E-state index in [9.17, 15) is 0 Å². The van der Waals surface area contributed by atoms with Gasteiger partial charge in [0, 0.05) is 24.7 Å². The average Bonchev–Trinajstić information content (AvgIpc) is 2.62. The highest BCUT2D eigenvalue weighted by Gasteiger charge is 2.27. The summed E-state index contributed by atoms with van der Waals surface area (Å²) in [5.74, 6) is 0.429. The first-order valence-electron chi connectivity index (χ1n) is 9.05. The van der Waals surface area contributed by atoms with Gasteiger partial charge in [-0.25, -0.2) is 0 Å². The Balaban J connectivity index is 1.72. The molecule has 1 aromatic rings. The molecule has 2 atom stereocenters. The summed E-state index contributed by atoms with van der Waals surface area (Å²) in [6.07, 6.45) is 12.2. The number of fused-ring (bicyclic) bond motifs is 1. The van der Waals surface area contributed by atoms with Crippen LogP contribution in [0.3, 0.4) is 0 Å². The van der Waals surface area contributed by atoms with Gasteiger partial charge in [0.2, 0.25) is 0 Å². The smallest absolute Gasteiger partial charge is 0.0327 e. The van der Waals surface area contributed by atoms with E-state index in [1.165, 1.54) is 43.4 Å². The second kappa shape index (κ2) is 7.21. The van der Waals surface area contributed by atoms with Gasteiger partial charge in [-0.05, 0) is 55.2 Å². The van der Waals surface area contributed by atoms with Crippen LogP contribution in [-0.4, -0.2) is 18.0 Å². The van der Waals surface area contributed by atoms with Crippen LogP contribution in [0.4, 0.5) is 0 Å². The molecule has 0 amide bonds. The molecule has 0 radical (unpaired) electrons. The van der Waals surface area contributed by atoms with Crippen molar-refractivity contribution in [3.63, 3.8) is 0 Å². The van der Waals surface area contributed by atoms with Crippen molar-refractivity contribution in [3.05, 3.63) is 71.5 Å². The summed E-state index contributed by atoms with van der Waals surface area (Å²) in [7, 11) is 2.25. The molecule has 0 heterocycles. The van der Waals surface area contributed by atoms with Gasteiger partial charge in [0.15, 0.2) is 0 Å². The predicted octanol–water partition coefficient (Wildman–Crippen LogP) is 5.82. The maximum absolute atomic E-state index is 4.47. The average molecular weight is 307 g/mol. The van der Waals surface area contributed by atoms with Crippen molar-refractivity contribution in [2.24, 2.45) is 0 Å². The normalized spacial score (nSPS) is 21.7. The summed E-state index contributed by atoms with van der Waals surface area (Å²) in [5.41, 5.74) is 5.87. The second-order valence-electron chi connectivity index (χ2n) is 6.91. The van der Waals surface area contributed by atoms with Gasteiger partial charge < -0.3 is 4.90 Å². The van der Waals surface area contributed by atoms with E-state index < -0.39 is 0 Å². The molecule has 2 aliphatic rings. The van der Waals surface area contributed by atoms with Crippen LogP contribution in [0.2, 0.25) is 0 Å². The number of benzene rings is 1. The van der Waals surface area contributed by atoms with Crippen molar-refractivity contribution in [3.8, 4) is 0 Å². The Labute approximate surface area is 141 Å². The lowest BCUT2D eigenvalue weighted by Gasteiger charge is -2.39. The Morgan fingerprint density at radius 2 is 1.87 bits per heavy atom. The molecular formula is C22H29N. The molecule has 0 aliphatic heterocycles. The van der Waals surface area contributed by atoms with Crippen LogP contribution in [0.5, 0.6) is 0 Å². The van der Waals surface area contributed by atoms with E-state index in [-0.39, 0.29) is 0 Å². The molecule has 1 heteroatoms. The highest BCUT2D eigenvalue weighted by Crippen LogP contribution is 2.37. The van der Waals surface area contributed by atoms with Crippen molar-refractivity contribution in [2.75, 3.05) is 7.05 Å². The van der Waals surface area contributed by atoms with Gasteiger partial charge in [0.25, 0.3) is 0 Å². The molecule has 1 nitrogen and oxygen atoms in total. The summed E-state index contributed by atoms with van der Waals surface area (Å²) in [5, 5.41) is 0. The van der Waals surface area contributed by atoms with E-state index in [1.54, 1.807) is 11.1 Å². The van der Waals surface area contributed by atoms with Crippen LogP contribution in [-0.2, 0) is 0 Å². The maximum Gasteiger partial charge on any atom is 0.0327 e. The molecule has 3 rings (SSSR count). The van der Waals surface area contributed by atoms with Gasteiger partial charge in [-0.3, -0.25) is 0 Å². The van der Waals surface area contributed by atoms with Crippen molar-refractivity contribution < 1.29 is 0 Å². The second-order valence-corrected chi connectivity index (χ2v) is 6.91. The zero-order valence-electron chi connectivity index (χ0n) is 14.6. The zero-order valence-corrected chi connectivity index (χ0v) is 14.6. The first-order chi connectivity index (χ1) is 11.2. The number of hydrogen-bond donors (Lipinski definition) is 0. The molecule has 0 bridgehead atoms. The fourth-order valence-corrected chi connectivity index (χ4v) is 4.09. The Bertz CT molecular complexity index is 608. The number of rotatable bonds is 5. The van der Waals surface area contributed by atoms with Crippen LogP contribution in [0.25, 0.3) is 0 Å². The molecule has 1 fully saturated rings. The number of likely N-dealkylation sites (N-methyl/N-ethyl adjacent to an activating group) is 1. The van der Waals surface area contributed by atoms with E-state index in [1.807, 2.05) is 0 Å². The minimum Gasteiger partial charge on any atom is -0.375 e. The van der Waals surface area contributed by atoms with E-state index in [2.05, 4.69) is 67.9 Å².